The molecular weight excluding hydrogens is 422 g/mol. The van der Waals surface area contributed by atoms with Crippen molar-refractivity contribution in [2.45, 2.75) is 13.8 Å². The quantitative estimate of drug-likeness (QED) is 0.473. The van der Waals surface area contributed by atoms with Crippen LogP contribution in [0.4, 0.5) is 5.13 Å². The number of aromatic nitrogens is 1. The molecule has 1 aromatic heterocycles. The lowest BCUT2D eigenvalue weighted by molar-refractivity contribution is 0.0980. The van der Waals surface area contributed by atoms with Crippen LogP contribution in [-0.4, -0.2) is 56.2 Å². The number of hydrogen-bond acceptors (Lipinski definition) is 6. The molecule has 1 amide bonds. The van der Waals surface area contributed by atoms with E-state index < -0.39 is 0 Å². The van der Waals surface area contributed by atoms with Crippen molar-refractivity contribution >= 4 is 45.0 Å². The Morgan fingerprint density at radius 2 is 1.73 bits per heavy atom. The maximum absolute atomic E-state index is 13.6. The number of para-hydroxylation sites is 2. The van der Waals surface area contributed by atoms with Gasteiger partial charge in [-0.05, 0) is 37.4 Å². The van der Waals surface area contributed by atoms with Crippen LogP contribution in [0.3, 0.4) is 0 Å². The first-order valence-corrected chi connectivity index (χ1v) is 10.5. The standard InChI is InChI=1S/C22H27N3O3S.ClH/c1-5-24(6-2)14-15-25(22-23-17-11-7-8-13-19(17)29-22)21(26)16-10-9-12-18(27-3)20(16)28-4;/h7-13H,5-6,14-15H2,1-4H3;1H. The largest absolute Gasteiger partial charge is 0.493 e. The number of benzene rings is 2. The van der Waals surface area contributed by atoms with Crippen LogP contribution in [-0.2, 0) is 0 Å². The monoisotopic (exact) mass is 449 g/mol. The fraction of sp³-hybridized carbons (Fsp3) is 0.364. The second-order valence-corrected chi connectivity index (χ2v) is 7.50. The number of halogens is 1. The van der Waals surface area contributed by atoms with E-state index in [9.17, 15) is 4.79 Å². The van der Waals surface area contributed by atoms with Crippen molar-refractivity contribution in [1.82, 2.24) is 9.88 Å². The molecule has 8 heteroatoms. The average Bonchev–Trinajstić information content (AvgIpc) is 3.19. The van der Waals surface area contributed by atoms with Crippen LogP contribution >= 0.6 is 23.7 Å². The summed E-state index contributed by atoms with van der Waals surface area (Å²) in [6, 6.07) is 13.3. The molecular formula is C22H28ClN3O3S. The van der Waals surface area contributed by atoms with Gasteiger partial charge in [-0.15, -0.1) is 12.4 Å². The van der Waals surface area contributed by atoms with Gasteiger partial charge in [-0.3, -0.25) is 9.69 Å². The molecule has 1 heterocycles. The number of anilines is 1. The summed E-state index contributed by atoms with van der Waals surface area (Å²) in [4.78, 5) is 22.4. The third-order valence-corrected chi connectivity index (χ3v) is 5.99. The lowest BCUT2D eigenvalue weighted by Crippen LogP contribution is -2.39. The first kappa shape index (κ1) is 23.9. The molecule has 2 aromatic carbocycles. The zero-order valence-corrected chi connectivity index (χ0v) is 19.4. The lowest BCUT2D eigenvalue weighted by atomic mass is 10.1. The van der Waals surface area contributed by atoms with Crippen molar-refractivity contribution < 1.29 is 14.3 Å². The minimum atomic E-state index is -0.146. The van der Waals surface area contributed by atoms with Crippen LogP contribution in [0.2, 0.25) is 0 Å². The predicted octanol–water partition coefficient (Wildman–Crippen LogP) is 4.72. The highest BCUT2D eigenvalue weighted by atomic mass is 35.5. The molecule has 0 aliphatic heterocycles. The number of likely N-dealkylation sites (N-methyl/N-ethyl adjacent to an activating group) is 1. The number of nitrogens with zero attached hydrogens (tertiary/aromatic N) is 3. The summed E-state index contributed by atoms with van der Waals surface area (Å²) < 4.78 is 11.9. The Balaban J connectivity index is 0.00000320. The van der Waals surface area contributed by atoms with Gasteiger partial charge in [-0.2, -0.15) is 0 Å². The van der Waals surface area contributed by atoms with Crippen LogP contribution in [0.15, 0.2) is 42.5 Å². The van der Waals surface area contributed by atoms with E-state index >= 15 is 0 Å². The van der Waals surface area contributed by atoms with Gasteiger partial charge in [0.15, 0.2) is 16.6 Å². The van der Waals surface area contributed by atoms with Crippen molar-refractivity contribution in [2.24, 2.45) is 0 Å². The Morgan fingerprint density at radius 3 is 2.37 bits per heavy atom. The van der Waals surface area contributed by atoms with Crippen molar-refractivity contribution in [3.8, 4) is 11.5 Å². The minimum Gasteiger partial charge on any atom is -0.493 e. The summed E-state index contributed by atoms with van der Waals surface area (Å²) in [5.41, 5.74) is 1.36. The van der Waals surface area contributed by atoms with Gasteiger partial charge in [0.2, 0.25) is 0 Å². The predicted molar refractivity (Wildman–Crippen MR) is 126 cm³/mol. The molecule has 162 valence electrons. The molecule has 0 unspecified atom stereocenters. The Kier molecular flexibility index (Phi) is 8.89. The minimum absolute atomic E-state index is 0. The second kappa shape index (κ2) is 11.2. The summed E-state index contributed by atoms with van der Waals surface area (Å²) in [6.45, 7) is 7.42. The molecule has 30 heavy (non-hydrogen) atoms. The summed E-state index contributed by atoms with van der Waals surface area (Å²) >= 11 is 1.52. The Labute approximate surface area is 187 Å². The van der Waals surface area contributed by atoms with E-state index in [4.69, 9.17) is 14.5 Å². The number of methoxy groups -OCH3 is 2. The van der Waals surface area contributed by atoms with Gasteiger partial charge in [0.1, 0.15) is 0 Å². The van der Waals surface area contributed by atoms with E-state index in [1.165, 1.54) is 11.3 Å². The highest BCUT2D eigenvalue weighted by Crippen LogP contribution is 2.34. The van der Waals surface area contributed by atoms with Gasteiger partial charge < -0.3 is 14.4 Å². The summed E-state index contributed by atoms with van der Waals surface area (Å²) in [5.74, 6) is 0.826. The van der Waals surface area contributed by atoms with Crippen molar-refractivity contribution in [3.63, 3.8) is 0 Å². The number of hydrogen-bond donors (Lipinski definition) is 0. The highest BCUT2D eigenvalue weighted by Gasteiger charge is 2.26. The number of fused-ring (bicyclic) bond motifs is 1. The van der Waals surface area contributed by atoms with Crippen LogP contribution < -0.4 is 14.4 Å². The SMILES string of the molecule is CCN(CC)CCN(C(=O)c1cccc(OC)c1OC)c1nc2ccccc2s1.Cl. The molecule has 0 saturated carbocycles. The number of ether oxygens (including phenoxy) is 2. The van der Waals surface area contributed by atoms with Crippen molar-refractivity contribution in [1.29, 1.82) is 0 Å². The van der Waals surface area contributed by atoms with E-state index in [-0.39, 0.29) is 18.3 Å². The normalized spacial score (nSPS) is 10.7. The number of thiazole rings is 1. The lowest BCUT2D eigenvalue weighted by Gasteiger charge is -2.25. The molecule has 0 saturated heterocycles. The molecule has 6 nitrogen and oxygen atoms in total. The van der Waals surface area contributed by atoms with E-state index in [1.54, 1.807) is 37.3 Å². The molecule has 0 spiro atoms. The second-order valence-electron chi connectivity index (χ2n) is 6.49. The smallest absolute Gasteiger partial charge is 0.264 e. The third-order valence-electron chi connectivity index (χ3n) is 4.93. The zero-order chi connectivity index (χ0) is 20.8. The maximum atomic E-state index is 13.6. The first-order valence-electron chi connectivity index (χ1n) is 9.73. The van der Waals surface area contributed by atoms with Crippen LogP contribution in [0.5, 0.6) is 11.5 Å². The summed E-state index contributed by atoms with van der Waals surface area (Å²) in [6.07, 6.45) is 0. The van der Waals surface area contributed by atoms with Crippen LogP contribution in [0.1, 0.15) is 24.2 Å². The number of carbonyl (C=O) groups excluding carboxylic acids is 1. The van der Waals surface area contributed by atoms with Gasteiger partial charge >= 0.3 is 0 Å². The maximum Gasteiger partial charge on any atom is 0.264 e. The van der Waals surface area contributed by atoms with Crippen LogP contribution in [0, 0.1) is 0 Å². The van der Waals surface area contributed by atoms with E-state index in [0.717, 1.165) is 29.9 Å². The van der Waals surface area contributed by atoms with E-state index in [0.29, 0.717) is 28.7 Å². The molecule has 0 radical (unpaired) electrons. The van der Waals surface area contributed by atoms with Crippen molar-refractivity contribution in [3.05, 3.63) is 48.0 Å². The molecule has 3 rings (SSSR count). The Morgan fingerprint density at radius 1 is 1.00 bits per heavy atom. The van der Waals surface area contributed by atoms with E-state index in [1.807, 2.05) is 24.3 Å². The fourth-order valence-corrected chi connectivity index (χ4v) is 4.23. The number of carbonyl (C=O) groups is 1. The molecule has 3 aromatic rings. The molecule has 0 N–H and O–H groups in total. The van der Waals surface area contributed by atoms with E-state index in [2.05, 4.69) is 18.7 Å². The first-order chi connectivity index (χ1) is 14.1. The molecule has 0 atom stereocenters. The Hall–Kier alpha value is -2.35. The highest BCUT2D eigenvalue weighted by molar-refractivity contribution is 7.22. The van der Waals surface area contributed by atoms with Gasteiger partial charge in [-0.25, -0.2) is 4.98 Å². The van der Waals surface area contributed by atoms with Gasteiger partial charge in [0.05, 0.1) is 30.0 Å². The number of amides is 1. The molecule has 0 aliphatic carbocycles. The van der Waals surface area contributed by atoms with Crippen molar-refractivity contribution in [2.75, 3.05) is 45.3 Å². The van der Waals surface area contributed by atoms with Gasteiger partial charge in [0.25, 0.3) is 5.91 Å². The fourth-order valence-electron chi connectivity index (χ4n) is 3.24. The van der Waals surface area contributed by atoms with Gasteiger partial charge in [-0.1, -0.05) is 43.4 Å². The Bertz CT molecular complexity index is 942. The molecule has 0 aliphatic rings. The van der Waals surface area contributed by atoms with Crippen LogP contribution in [0.25, 0.3) is 10.2 Å². The number of rotatable bonds is 9. The third kappa shape index (κ3) is 5.03. The molecule has 0 bridgehead atoms. The van der Waals surface area contributed by atoms with Gasteiger partial charge in [0, 0.05) is 13.1 Å². The summed E-state index contributed by atoms with van der Waals surface area (Å²) in [5, 5.41) is 0.688. The summed E-state index contributed by atoms with van der Waals surface area (Å²) in [7, 11) is 3.12. The average molecular weight is 450 g/mol. The molecule has 0 fully saturated rings. The topological polar surface area (TPSA) is 54.9 Å². The zero-order valence-electron chi connectivity index (χ0n) is 17.8.